The lowest BCUT2D eigenvalue weighted by molar-refractivity contribution is -0.113. The molecule has 8 heteroatoms. The zero-order chi connectivity index (χ0) is 19.3. The molecule has 0 aliphatic rings. The summed E-state index contributed by atoms with van der Waals surface area (Å²) < 4.78 is 0. The molecule has 4 aromatic rings. The summed E-state index contributed by atoms with van der Waals surface area (Å²) >= 11 is 2.69. The van der Waals surface area contributed by atoms with Crippen LogP contribution in [0.1, 0.15) is 5.56 Å². The summed E-state index contributed by atoms with van der Waals surface area (Å²) in [4.78, 5) is 21.2. The summed E-state index contributed by atoms with van der Waals surface area (Å²) in [6, 6.07) is 17.8. The van der Waals surface area contributed by atoms with E-state index in [1.165, 1.54) is 23.1 Å². The minimum absolute atomic E-state index is 0.138. The van der Waals surface area contributed by atoms with Crippen molar-refractivity contribution in [1.82, 2.24) is 20.2 Å². The van der Waals surface area contributed by atoms with E-state index in [1.54, 1.807) is 0 Å². The Kier molecular flexibility index (Phi) is 5.50. The number of hydrogen-bond donors (Lipinski definition) is 2. The zero-order valence-corrected chi connectivity index (χ0v) is 16.7. The van der Waals surface area contributed by atoms with Crippen LogP contribution in [0.2, 0.25) is 0 Å². The molecule has 0 saturated heterocycles. The highest BCUT2D eigenvalue weighted by atomic mass is 32.2. The van der Waals surface area contributed by atoms with Gasteiger partial charge in [-0.05, 0) is 12.5 Å². The number of anilines is 1. The number of aromatic amines is 1. The number of rotatable bonds is 6. The average molecular weight is 408 g/mol. The fourth-order valence-corrected chi connectivity index (χ4v) is 3.96. The van der Waals surface area contributed by atoms with E-state index in [4.69, 9.17) is 0 Å². The van der Waals surface area contributed by atoms with Crippen LogP contribution in [0.25, 0.3) is 22.6 Å². The minimum Gasteiger partial charge on any atom is -0.301 e. The fourth-order valence-electron chi connectivity index (χ4n) is 2.63. The molecule has 0 spiro atoms. The quantitative estimate of drug-likeness (QED) is 0.455. The second kappa shape index (κ2) is 8.37. The standard InChI is InChI=1S/C20H17N5OS2/c1-13-7-5-6-10-15(13)18-23-20(25-24-18)28-12-17(26)22-19-21-16(11-27-19)14-8-3-2-4-9-14/h2-11H,12H2,1H3,(H,21,22,26)(H,23,24,25). The normalized spacial score (nSPS) is 10.8. The Balaban J connectivity index is 1.34. The predicted molar refractivity (Wildman–Crippen MR) is 113 cm³/mol. The Labute approximate surface area is 170 Å². The van der Waals surface area contributed by atoms with Gasteiger partial charge in [-0.2, -0.15) is 0 Å². The van der Waals surface area contributed by atoms with Gasteiger partial charge in [-0.25, -0.2) is 9.97 Å². The van der Waals surface area contributed by atoms with Gasteiger partial charge >= 0.3 is 0 Å². The van der Waals surface area contributed by atoms with E-state index < -0.39 is 0 Å². The molecule has 0 unspecified atom stereocenters. The number of nitrogens with zero attached hydrogens (tertiary/aromatic N) is 3. The molecule has 0 aliphatic carbocycles. The number of benzene rings is 2. The molecule has 4 rings (SSSR count). The summed E-state index contributed by atoms with van der Waals surface area (Å²) in [6.07, 6.45) is 0. The van der Waals surface area contributed by atoms with E-state index in [0.29, 0.717) is 16.1 Å². The number of H-pyrrole nitrogens is 1. The number of thioether (sulfide) groups is 1. The Bertz CT molecular complexity index is 1090. The highest BCUT2D eigenvalue weighted by Crippen LogP contribution is 2.25. The highest BCUT2D eigenvalue weighted by molar-refractivity contribution is 7.99. The molecule has 1 amide bonds. The number of hydrogen-bond acceptors (Lipinski definition) is 6. The van der Waals surface area contributed by atoms with Gasteiger partial charge in [0.2, 0.25) is 11.1 Å². The van der Waals surface area contributed by atoms with Crippen LogP contribution in [0, 0.1) is 6.92 Å². The summed E-state index contributed by atoms with van der Waals surface area (Å²) in [6.45, 7) is 2.02. The second-order valence-corrected chi connectivity index (χ2v) is 7.82. The maximum Gasteiger partial charge on any atom is 0.236 e. The van der Waals surface area contributed by atoms with Gasteiger partial charge in [-0.15, -0.1) is 16.4 Å². The van der Waals surface area contributed by atoms with Crippen molar-refractivity contribution < 1.29 is 4.79 Å². The number of carbonyl (C=O) groups excluding carboxylic acids is 1. The van der Waals surface area contributed by atoms with E-state index in [0.717, 1.165) is 22.4 Å². The summed E-state index contributed by atoms with van der Waals surface area (Å²) in [5.41, 5.74) is 4.00. The predicted octanol–water partition coefficient (Wildman–Crippen LogP) is 4.63. The molecule has 140 valence electrons. The zero-order valence-electron chi connectivity index (χ0n) is 15.0. The molecular formula is C20H17N5OS2. The van der Waals surface area contributed by atoms with Gasteiger partial charge in [0.1, 0.15) is 0 Å². The molecule has 2 aromatic carbocycles. The van der Waals surface area contributed by atoms with E-state index in [1.807, 2.05) is 66.9 Å². The number of nitrogens with one attached hydrogen (secondary N) is 2. The van der Waals surface area contributed by atoms with Gasteiger partial charge in [0.25, 0.3) is 0 Å². The molecule has 28 heavy (non-hydrogen) atoms. The number of thiazole rings is 1. The van der Waals surface area contributed by atoms with Crippen molar-refractivity contribution in [2.24, 2.45) is 0 Å². The summed E-state index contributed by atoms with van der Waals surface area (Å²) in [5, 5.41) is 13.0. The molecule has 0 radical (unpaired) electrons. The molecule has 6 nitrogen and oxygen atoms in total. The third kappa shape index (κ3) is 4.29. The van der Waals surface area contributed by atoms with Crippen LogP contribution >= 0.6 is 23.1 Å². The first-order valence-corrected chi connectivity index (χ1v) is 10.5. The lowest BCUT2D eigenvalue weighted by Crippen LogP contribution is -2.13. The van der Waals surface area contributed by atoms with Crippen LogP contribution in [0.15, 0.2) is 65.1 Å². The van der Waals surface area contributed by atoms with Crippen molar-refractivity contribution in [2.45, 2.75) is 12.1 Å². The van der Waals surface area contributed by atoms with Crippen LogP contribution in [-0.2, 0) is 4.79 Å². The first kappa shape index (κ1) is 18.4. The first-order valence-electron chi connectivity index (χ1n) is 8.61. The van der Waals surface area contributed by atoms with Gasteiger partial charge in [0.05, 0.1) is 11.4 Å². The fraction of sp³-hybridized carbons (Fsp3) is 0.100. The number of aromatic nitrogens is 4. The van der Waals surface area contributed by atoms with E-state index in [2.05, 4.69) is 25.5 Å². The number of aryl methyl sites for hydroxylation is 1. The molecule has 0 fully saturated rings. The molecule has 0 saturated carbocycles. The van der Waals surface area contributed by atoms with Gasteiger partial charge in [0, 0.05) is 16.5 Å². The molecular weight excluding hydrogens is 390 g/mol. The molecule has 2 heterocycles. The molecule has 2 aromatic heterocycles. The highest BCUT2D eigenvalue weighted by Gasteiger charge is 2.12. The van der Waals surface area contributed by atoms with Crippen molar-refractivity contribution in [3.63, 3.8) is 0 Å². The maximum atomic E-state index is 12.2. The van der Waals surface area contributed by atoms with Crippen molar-refractivity contribution in [2.75, 3.05) is 11.1 Å². The van der Waals surface area contributed by atoms with Crippen molar-refractivity contribution in [3.05, 3.63) is 65.5 Å². The van der Waals surface area contributed by atoms with Crippen molar-refractivity contribution in [3.8, 4) is 22.6 Å². The summed E-state index contributed by atoms with van der Waals surface area (Å²) in [5.74, 6) is 0.778. The Morgan fingerprint density at radius 3 is 2.71 bits per heavy atom. The third-order valence-corrected chi connectivity index (χ3v) is 5.62. The minimum atomic E-state index is -0.138. The molecule has 0 aliphatic heterocycles. The monoisotopic (exact) mass is 407 g/mol. The van der Waals surface area contributed by atoms with Gasteiger partial charge in [-0.1, -0.05) is 66.4 Å². The van der Waals surface area contributed by atoms with Gasteiger partial charge < -0.3 is 5.32 Å². The van der Waals surface area contributed by atoms with E-state index in [9.17, 15) is 4.79 Å². The van der Waals surface area contributed by atoms with Crippen molar-refractivity contribution >= 4 is 34.1 Å². The molecule has 2 N–H and O–H groups in total. The van der Waals surface area contributed by atoms with Crippen LogP contribution in [0.4, 0.5) is 5.13 Å². The van der Waals surface area contributed by atoms with Crippen molar-refractivity contribution in [1.29, 1.82) is 0 Å². The smallest absolute Gasteiger partial charge is 0.236 e. The Morgan fingerprint density at radius 1 is 1.11 bits per heavy atom. The average Bonchev–Trinajstić information content (AvgIpc) is 3.37. The topological polar surface area (TPSA) is 83.6 Å². The maximum absolute atomic E-state index is 12.2. The van der Waals surface area contributed by atoms with Crippen LogP contribution in [-0.4, -0.2) is 31.8 Å². The molecule has 0 atom stereocenters. The lowest BCUT2D eigenvalue weighted by atomic mass is 10.1. The third-order valence-electron chi connectivity index (χ3n) is 4.02. The van der Waals surface area contributed by atoms with E-state index in [-0.39, 0.29) is 11.7 Å². The second-order valence-electron chi connectivity index (χ2n) is 6.02. The van der Waals surface area contributed by atoms with Gasteiger partial charge in [-0.3, -0.25) is 9.89 Å². The van der Waals surface area contributed by atoms with Crippen LogP contribution in [0.3, 0.4) is 0 Å². The van der Waals surface area contributed by atoms with E-state index >= 15 is 0 Å². The SMILES string of the molecule is Cc1ccccc1-c1nc(SCC(=O)Nc2nc(-c3ccccc3)cs2)n[nH]1. The Morgan fingerprint density at radius 2 is 1.89 bits per heavy atom. The number of amides is 1. The Hall–Kier alpha value is -2.97. The van der Waals surface area contributed by atoms with Gasteiger partial charge in [0.15, 0.2) is 11.0 Å². The van der Waals surface area contributed by atoms with Crippen LogP contribution < -0.4 is 5.32 Å². The lowest BCUT2D eigenvalue weighted by Gasteiger charge is -2.00. The first-order chi connectivity index (χ1) is 13.7. The summed E-state index contributed by atoms with van der Waals surface area (Å²) in [7, 11) is 0. The molecule has 0 bridgehead atoms. The largest absolute Gasteiger partial charge is 0.301 e. The number of carbonyl (C=O) groups is 1. The van der Waals surface area contributed by atoms with Crippen LogP contribution in [0.5, 0.6) is 0 Å².